The lowest BCUT2D eigenvalue weighted by molar-refractivity contribution is 0.0599. The Hall–Kier alpha value is -1.63. The largest absolute Gasteiger partial charge is 0.465 e. The van der Waals surface area contributed by atoms with Crippen LogP contribution in [-0.4, -0.2) is 43.8 Å². The van der Waals surface area contributed by atoms with Crippen LogP contribution in [0.1, 0.15) is 39.0 Å². The van der Waals surface area contributed by atoms with Crippen molar-refractivity contribution in [1.29, 1.82) is 0 Å². The van der Waals surface area contributed by atoms with Crippen LogP contribution < -0.4 is 0 Å². The van der Waals surface area contributed by atoms with Gasteiger partial charge in [-0.05, 0) is 26.3 Å². The molecule has 1 N–H and O–H groups in total. The van der Waals surface area contributed by atoms with Crippen LogP contribution in [0.3, 0.4) is 0 Å². The van der Waals surface area contributed by atoms with Gasteiger partial charge in [-0.25, -0.2) is 13.2 Å². The minimum Gasteiger partial charge on any atom is -0.465 e. The van der Waals surface area contributed by atoms with E-state index in [1.54, 1.807) is 13.8 Å². The third kappa shape index (κ3) is 2.86. The lowest BCUT2D eigenvalue weighted by Crippen LogP contribution is -2.27. The van der Waals surface area contributed by atoms with E-state index in [-0.39, 0.29) is 11.3 Å². The molecule has 0 spiro atoms. The van der Waals surface area contributed by atoms with Gasteiger partial charge in [0.25, 0.3) is 0 Å². The number of Topliss-reactive ketones (excluding diaryl/α,β-unsaturated/α-hetero) is 1. The van der Waals surface area contributed by atoms with Gasteiger partial charge in [0.15, 0.2) is 15.6 Å². The smallest absolute Gasteiger partial charge is 0.339 e. The number of aromatic amines is 1. The summed E-state index contributed by atoms with van der Waals surface area (Å²) in [5.41, 5.74) is 1.29. The Bertz CT molecular complexity index is 627. The minimum atomic E-state index is -3.48. The van der Waals surface area contributed by atoms with E-state index >= 15 is 0 Å². The highest BCUT2D eigenvalue weighted by atomic mass is 32.2. The average molecular weight is 287 g/mol. The molecule has 0 aliphatic heterocycles. The summed E-state index contributed by atoms with van der Waals surface area (Å²) in [6.45, 7) is 4.53. The number of carbonyl (C=O) groups excluding carboxylic acids is 2. The van der Waals surface area contributed by atoms with Crippen molar-refractivity contribution in [3.63, 3.8) is 0 Å². The molecule has 0 aromatic carbocycles. The third-order valence-electron chi connectivity index (χ3n) is 3.08. The highest BCUT2D eigenvalue weighted by molar-refractivity contribution is 7.92. The summed E-state index contributed by atoms with van der Waals surface area (Å²) >= 11 is 0. The fourth-order valence-corrected chi connectivity index (χ4v) is 2.31. The third-order valence-corrected chi connectivity index (χ3v) is 4.58. The maximum atomic E-state index is 12.1. The molecule has 0 unspecified atom stereocenters. The molecule has 0 aliphatic rings. The van der Waals surface area contributed by atoms with Crippen molar-refractivity contribution in [2.24, 2.45) is 0 Å². The fraction of sp³-hybridized carbons (Fsp3) is 0.500. The first-order valence-corrected chi connectivity index (χ1v) is 7.57. The predicted molar refractivity (Wildman–Crippen MR) is 70.2 cm³/mol. The van der Waals surface area contributed by atoms with Gasteiger partial charge < -0.3 is 9.72 Å². The monoisotopic (exact) mass is 287 g/mol. The first kappa shape index (κ1) is 15.4. The predicted octanol–water partition coefficient (Wildman–Crippen LogP) is 1.03. The Morgan fingerprint density at radius 3 is 2.21 bits per heavy atom. The second-order valence-corrected chi connectivity index (χ2v) is 6.82. The average Bonchev–Trinajstić information content (AvgIpc) is 2.61. The second-order valence-electron chi connectivity index (χ2n) is 4.45. The number of ether oxygens (including phenoxy) is 1. The van der Waals surface area contributed by atoms with E-state index in [0.29, 0.717) is 11.3 Å². The number of sulfone groups is 1. The number of ketones is 1. The van der Waals surface area contributed by atoms with E-state index in [0.717, 1.165) is 6.26 Å². The van der Waals surface area contributed by atoms with Crippen molar-refractivity contribution in [3.8, 4) is 0 Å². The molecular weight excluding hydrogens is 270 g/mol. The van der Waals surface area contributed by atoms with Crippen LogP contribution in [0.4, 0.5) is 0 Å². The number of rotatable bonds is 4. The first-order chi connectivity index (χ1) is 8.61. The summed E-state index contributed by atoms with van der Waals surface area (Å²) in [4.78, 5) is 26.5. The van der Waals surface area contributed by atoms with Crippen LogP contribution in [0.15, 0.2) is 0 Å². The van der Waals surface area contributed by atoms with Crippen molar-refractivity contribution < 1.29 is 22.7 Å². The standard InChI is InChI=1S/C12H17NO5S/c1-6-9(12(15)18-4)7(2)13-10(6)11(14)8(3)19(5,16)17/h8,13H,1-5H3/t8-/m0/s1. The fourth-order valence-electron chi connectivity index (χ4n) is 1.80. The van der Waals surface area contributed by atoms with Crippen LogP contribution in [0.25, 0.3) is 0 Å². The van der Waals surface area contributed by atoms with Crippen LogP contribution in [0.5, 0.6) is 0 Å². The van der Waals surface area contributed by atoms with Crippen LogP contribution in [0.2, 0.25) is 0 Å². The lowest BCUT2D eigenvalue weighted by atomic mass is 10.1. The van der Waals surface area contributed by atoms with Gasteiger partial charge in [0.2, 0.25) is 0 Å². The molecule has 19 heavy (non-hydrogen) atoms. The van der Waals surface area contributed by atoms with Crippen molar-refractivity contribution >= 4 is 21.6 Å². The van der Waals surface area contributed by atoms with Crippen molar-refractivity contribution in [3.05, 3.63) is 22.5 Å². The lowest BCUT2D eigenvalue weighted by Gasteiger charge is -2.07. The van der Waals surface area contributed by atoms with E-state index < -0.39 is 26.8 Å². The molecule has 0 saturated carbocycles. The van der Waals surface area contributed by atoms with Gasteiger partial charge in [-0.15, -0.1) is 0 Å². The topological polar surface area (TPSA) is 93.3 Å². The molecule has 106 valence electrons. The molecule has 1 heterocycles. The molecule has 1 atom stereocenters. The molecule has 0 bridgehead atoms. The summed E-state index contributed by atoms with van der Waals surface area (Å²) in [6, 6.07) is 0. The van der Waals surface area contributed by atoms with Gasteiger partial charge in [-0.3, -0.25) is 4.79 Å². The molecule has 0 radical (unpaired) electrons. The highest BCUT2D eigenvalue weighted by Gasteiger charge is 2.30. The summed E-state index contributed by atoms with van der Waals surface area (Å²) in [7, 11) is -2.24. The molecule has 1 aromatic rings. The van der Waals surface area contributed by atoms with Crippen LogP contribution in [0, 0.1) is 13.8 Å². The number of carbonyl (C=O) groups is 2. The normalized spacial score (nSPS) is 13.1. The van der Waals surface area contributed by atoms with Crippen LogP contribution in [-0.2, 0) is 14.6 Å². The number of hydrogen-bond acceptors (Lipinski definition) is 5. The van der Waals surface area contributed by atoms with Crippen molar-refractivity contribution in [2.75, 3.05) is 13.4 Å². The quantitative estimate of drug-likeness (QED) is 0.659. The Kier molecular flexibility index (Phi) is 4.19. The zero-order chi connectivity index (χ0) is 15.0. The van der Waals surface area contributed by atoms with Gasteiger partial charge in [0, 0.05) is 11.9 Å². The Balaban J connectivity index is 3.32. The molecule has 0 saturated heterocycles. The van der Waals surface area contributed by atoms with Crippen LogP contribution >= 0.6 is 0 Å². The molecular formula is C12H17NO5S. The van der Waals surface area contributed by atoms with E-state index in [9.17, 15) is 18.0 Å². The van der Waals surface area contributed by atoms with Gasteiger partial charge in [-0.2, -0.15) is 0 Å². The van der Waals surface area contributed by atoms with Gasteiger partial charge in [0.05, 0.1) is 18.4 Å². The maximum Gasteiger partial charge on any atom is 0.339 e. The summed E-state index contributed by atoms with van der Waals surface area (Å²) < 4.78 is 27.5. The minimum absolute atomic E-state index is 0.135. The van der Waals surface area contributed by atoms with Gasteiger partial charge in [-0.1, -0.05) is 0 Å². The van der Waals surface area contributed by atoms with Gasteiger partial charge >= 0.3 is 5.97 Å². The number of methoxy groups -OCH3 is 1. The molecule has 1 rings (SSSR count). The van der Waals surface area contributed by atoms with E-state index in [1.165, 1.54) is 14.0 Å². The molecule has 7 heteroatoms. The van der Waals surface area contributed by atoms with E-state index in [4.69, 9.17) is 0 Å². The number of aryl methyl sites for hydroxylation is 1. The van der Waals surface area contributed by atoms with Gasteiger partial charge in [0.1, 0.15) is 5.25 Å². The molecule has 6 nitrogen and oxygen atoms in total. The number of hydrogen-bond donors (Lipinski definition) is 1. The summed E-state index contributed by atoms with van der Waals surface area (Å²) in [5.74, 6) is -1.12. The maximum absolute atomic E-state index is 12.1. The number of nitrogens with one attached hydrogen (secondary N) is 1. The highest BCUT2D eigenvalue weighted by Crippen LogP contribution is 2.21. The SMILES string of the molecule is COC(=O)c1c(C)[nH]c(C(=O)[C@H](C)S(C)(=O)=O)c1C. The molecule has 0 fully saturated rings. The van der Waals surface area contributed by atoms with E-state index in [1.807, 2.05) is 0 Å². The number of aromatic nitrogens is 1. The molecule has 0 amide bonds. The number of esters is 1. The Morgan fingerprint density at radius 2 is 1.79 bits per heavy atom. The van der Waals surface area contributed by atoms with E-state index in [2.05, 4.69) is 9.72 Å². The molecule has 1 aromatic heterocycles. The molecule has 0 aliphatic carbocycles. The zero-order valence-corrected chi connectivity index (χ0v) is 12.3. The Labute approximate surface area is 112 Å². The first-order valence-electron chi connectivity index (χ1n) is 5.61. The zero-order valence-electron chi connectivity index (χ0n) is 11.5. The summed E-state index contributed by atoms with van der Waals surface area (Å²) in [6.07, 6.45) is 1.00. The number of H-pyrrole nitrogens is 1. The van der Waals surface area contributed by atoms with Crippen molar-refractivity contribution in [2.45, 2.75) is 26.0 Å². The second kappa shape index (κ2) is 5.16. The summed E-state index contributed by atoms with van der Waals surface area (Å²) in [5, 5.41) is -1.16. The Morgan fingerprint density at radius 1 is 1.26 bits per heavy atom. The van der Waals surface area contributed by atoms with Crippen molar-refractivity contribution in [1.82, 2.24) is 4.98 Å².